The van der Waals surface area contributed by atoms with Crippen LogP contribution in [0.15, 0.2) is 0 Å². The Kier molecular flexibility index (Phi) is 7.20. The van der Waals surface area contributed by atoms with Gasteiger partial charge in [0.25, 0.3) is 0 Å². The molecule has 0 spiro atoms. The van der Waals surface area contributed by atoms with Gasteiger partial charge < -0.3 is 20.5 Å². The van der Waals surface area contributed by atoms with Gasteiger partial charge in [-0.1, -0.05) is 13.3 Å². The molecule has 1 aliphatic heterocycles. The molecule has 1 fully saturated rings. The van der Waals surface area contributed by atoms with Crippen molar-refractivity contribution in [2.75, 3.05) is 39.3 Å². The molecule has 7 heteroatoms. The fourth-order valence-corrected chi connectivity index (χ4v) is 1.91. The summed E-state index contributed by atoms with van der Waals surface area (Å²) in [6.45, 7) is 5.32. The summed E-state index contributed by atoms with van der Waals surface area (Å²) in [5, 5.41) is 14.9. The summed E-state index contributed by atoms with van der Waals surface area (Å²) < 4.78 is 4.93. The molecule has 110 valence electrons. The van der Waals surface area contributed by atoms with Crippen LogP contribution in [-0.2, 0) is 9.53 Å². The lowest BCUT2D eigenvalue weighted by molar-refractivity contribution is -0.143. The Morgan fingerprint density at radius 3 is 2.68 bits per heavy atom. The minimum atomic E-state index is -0.921. The molecular formula is C12H23N3O4. The van der Waals surface area contributed by atoms with Crippen LogP contribution in [0.2, 0.25) is 0 Å². The van der Waals surface area contributed by atoms with E-state index in [-0.39, 0.29) is 6.54 Å². The van der Waals surface area contributed by atoms with E-state index in [1.165, 1.54) is 0 Å². The van der Waals surface area contributed by atoms with Crippen molar-refractivity contribution in [1.82, 2.24) is 15.5 Å². The van der Waals surface area contributed by atoms with Gasteiger partial charge >= 0.3 is 12.1 Å². The number of piperazine rings is 1. The van der Waals surface area contributed by atoms with E-state index in [0.717, 1.165) is 25.9 Å². The molecule has 1 atom stereocenters. The fraction of sp³-hybridized carbons (Fsp3) is 0.833. The van der Waals surface area contributed by atoms with Gasteiger partial charge in [-0.05, 0) is 6.42 Å². The van der Waals surface area contributed by atoms with Crippen LogP contribution in [0.5, 0.6) is 0 Å². The van der Waals surface area contributed by atoms with Crippen molar-refractivity contribution >= 4 is 12.1 Å². The molecule has 3 N–H and O–H groups in total. The first kappa shape index (κ1) is 15.7. The highest BCUT2D eigenvalue weighted by Gasteiger charge is 2.27. The second-order valence-corrected chi connectivity index (χ2v) is 4.51. The summed E-state index contributed by atoms with van der Waals surface area (Å²) >= 11 is 0. The van der Waals surface area contributed by atoms with Crippen molar-refractivity contribution in [2.24, 2.45) is 0 Å². The van der Waals surface area contributed by atoms with E-state index < -0.39 is 18.1 Å². The smallest absolute Gasteiger partial charge is 0.407 e. The van der Waals surface area contributed by atoms with Crippen molar-refractivity contribution in [3.63, 3.8) is 0 Å². The van der Waals surface area contributed by atoms with Crippen molar-refractivity contribution in [3.05, 3.63) is 0 Å². The summed E-state index contributed by atoms with van der Waals surface area (Å²) in [7, 11) is 0. The number of nitrogens with one attached hydrogen (secondary N) is 2. The highest BCUT2D eigenvalue weighted by Crippen LogP contribution is 2.01. The van der Waals surface area contributed by atoms with Crippen LogP contribution >= 0.6 is 0 Å². The summed E-state index contributed by atoms with van der Waals surface area (Å²) in [4.78, 5) is 24.4. The summed E-state index contributed by atoms with van der Waals surface area (Å²) in [5.74, 6) is -0.921. The Balaban J connectivity index is 2.32. The minimum Gasteiger partial charge on any atom is -0.480 e. The number of hydrogen-bond acceptors (Lipinski definition) is 5. The lowest BCUT2D eigenvalue weighted by Crippen LogP contribution is -2.55. The molecule has 0 bridgehead atoms. The van der Waals surface area contributed by atoms with Crippen molar-refractivity contribution < 1.29 is 19.4 Å². The Morgan fingerprint density at radius 1 is 1.42 bits per heavy atom. The maximum Gasteiger partial charge on any atom is 0.407 e. The number of rotatable bonds is 7. The number of carbonyl (C=O) groups excluding carboxylic acids is 1. The molecule has 0 saturated carbocycles. The van der Waals surface area contributed by atoms with Gasteiger partial charge in [-0.2, -0.15) is 0 Å². The first-order chi connectivity index (χ1) is 9.15. The van der Waals surface area contributed by atoms with Crippen LogP contribution < -0.4 is 10.6 Å². The lowest BCUT2D eigenvalue weighted by atomic mass is 10.2. The Morgan fingerprint density at radius 2 is 2.11 bits per heavy atom. The molecule has 1 heterocycles. The monoisotopic (exact) mass is 273 g/mol. The molecule has 19 heavy (non-hydrogen) atoms. The van der Waals surface area contributed by atoms with E-state index in [4.69, 9.17) is 4.74 Å². The summed E-state index contributed by atoms with van der Waals surface area (Å²) in [6, 6.07) is -0.694. The van der Waals surface area contributed by atoms with E-state index in [9.17, 15) is 14.7 Å². The number of unbranched alkanes of at least 4 members (excludes halogenated alkanes) is 1. The third-order valence-electron chi connectivity index (χ3n) is 3.05. The largest absolute Gasteiger partial charge is 0.480 e. The number of aliphatic carboxylic acids is 1. The van der Waals surface area contributed by atoms with E-state index in [1.807, 2.05) is 11.8 Å². The van der Waals surface area contributed by atoms with Gasteiger partial charge in [-0.3, -0.25) is 9.69 Å². The molecule has 0 aromatic rings. The molecule has 1 amide bonds. The zero-order valence-corrected chi connectivity index (χ0v) is 11.4. The van der Waals surface area contributed by atoms with Gasteiger partial charge in [0.05, 0.1) is 6.61 Å². The van der Waals surface area contributed by atoms with Gasteiger partial charge in [0.1, 0.15) is 6.04 Å². The zero-order chi connectivity index (χ0) is 14.1. The quantitative estimate of drug-likeness (QED) is 0.560. The summed E-state index contributed by atoms with van der Waals surface area (Å²) in [5.41, 5.74) is 0. The first-order valence-corrected chi connectivity index (χ1v) is 6.73. The normalized spacial score (nSPS) is 17.7. The second-order valence-electron chi connectivity index (χ2n) is 4.51. The number of carboxylic acid groups (broad SMARTS) is 1. The molecule has 0 aromatic carbocycles. The average Bonchev–Trinajstić information content (AvgIpc) is 2.40. The van der Waals surface area contributed by atoms with Crippen LogP contribution in [0.4, 0.5) is 4.79 Å². The standard InChI is InChI=1S/C12H23N3O4/c1-2-3-8-19-12(18)14-9-10(11(16)17)15-6-4-13-5-7-15/h10,13H,2-9H2,1H3,(H,14,18)(H,16,17). The van der Waals surface area contributed by atoms with E-state index in [1.54, 1.807) is 0 Å². The number of carbonyl (C=O) groups is 2. The molecule has 0 aliphatic carbocycles. The van der Waals surface area contributed by atoms with Crippen LogP contribution in [-0.4, -0.2) is 67.4 Å². The maximum atomic E-state index is 11.4. The van der Waals surface area contributed by atoms with E-state index in [2.05, 4.69) is 10.6 Å². The average molecular weight is 273 g/mol. The van der Waals surface area contributed by atoms with Crippen molar-refractivity contribution in [2.45, 2.75) is 25.8 Å². The highest BCUT2D eigenvalue weighted by atomic mass is 16.5. The van der Waals surface area contributed by atoms with Crippen LogP contribution in [0.3, 0.4) is 0 Å². The third-order valence-corrected chi connectivity index (χ3v) is 3.05. The Hall–Kier alpha value is -1.34. The molecule has 0 radical (unpaired) electrons. The number of carboxylic acids is 1. The van der Waals surface area contributed by atoms with Crippen molar-refractivity contribution in [3.8, 4) is 0 Å². The number of hydrogen-bond donors (Lipinski definition) is 3. The van der Waals surface area contributed by atoms with Gasteiger partial charge in [0, 0.05) is 32.7 Å². The molecule has 0 aromatic heterocycles. The van der Waals surface area contributed by atoms with Crippen molar-refractivity contribution in [1.29, 1.82) is 0 Å². The molecule has 7 nitrogen and oxygen atoms in total. The third kappa shape index (κ3) is 5.89. The minimum absolute atomic E-state index is 0.0697. The Bertz CT molecular complexity index is 293. The fourth-order valence-electron chi connectivity index (χ4n) is 1.91. The molecule has 1 saturated heterocycles. The molecule has 1 unspecified atom stereocenters. The predicted octanol–water partition coefficient (Wildman–Crippen LogP) is -0.129. The van der Waals surface area contributed by atoms with Gasteiger partial charge in [-0.25, -0.2) is 4.79 Å². The van der Waals surface area contributed by atoms with Crippen LogP contribution in [0.1, 0.15) is 19.8 Å². The molecule has 1 aliphatic rings. The van der Waals surface area contributed by atoms with Gasteiger partial charge in [-0.15, -0.1) is 0 Å². The Labute approximate surface area is 113 Å². The zero-order valence-electron chi connectivity index (χ0n) is 11.4. The second kappa shape index (κ2) is 8.71. The SMILES string of the molecule is CCCCOC(=O)NCC(C(=O)O)N1CCNCC1. The lowest BCUT2D eigenvalue weighted by Gasteiger charge is -2.32. The first-order valence-electron chi connectivity index (χ1n) is 6.73. The summed E-state index contributed by atoms with van der Waals surface area (Å²) in [6.07, 6.45) is 1.22. The maximum absolute atomic E-state index is 11.4. The van der Waals surface area contributed by atoms with E-state index >= 15 is 0 Å². The topological polar surface area (TPSA) is 90.9 Å². The van der Waals surface area contributed by atoms with Gasteiger partial charge in [0.15, 0.2) is 0 Å². The predicted molar refractivity (Wildman–Crippen MR) is 70.1 cm³/mol. The van der Waals surface area contributed by atoms with Crippen LogP contribution in [0.25, 0.3) is 0 Å². The van der Waals surface area contributed by atoms with E-state index in [0.29, 0.717) is 19.7 Å². The number of nitrogens with zero attached hydrogens (tertiary/aromatic N) is 1. The molecular weight excluding hydrogens is 250 g/mol. The van der Waals surface area contributed by atoms with Crippen LogP contribution in [0, 0.1) is 0 Å². The number of ether oxygens (including phenoxy) is 1. The van der Waals surface area contributed by atoms with Gasteiger partial charge in [0.2, 0.25) is 0 Å². The number of amides is 1. The molecule has 1 rings (SSSR count). The highest BCUT2D eigenvalue weighted by molar-refractivity contribution is 5.75. The number of alkyl carbamates (subject to hydrolysis) is 1.